The third kappa shape index (κ3) is 9.58. The van der Waals surface area contributed by atoms with Crippen molar-refractivity contribution >= 4 is 14.6 Å². The van der Waals surface area contributed by atoms with Crippen LogP contribution in [0.4, 0.5) is 0 Å². The van der Waals surface area contributed by atoms with Crippen LogP contribution in [-0.2, 0) is 35.7 Å². The first-order valence-electron chi connectivity index (χ1n) is 4.38. The second-order valence-electron chi connectivity index (χ2n) is 3.07. The Morgan fingerprint density at radius 2 is 1.50 bits per heavy atom. The van der Waals surface area contributed by atoms with Crippen LogP contribution in [0.5, 0.6) is 0 Å². The van der Waals surface area contributed by atoms with E-state index in [0.717, 1.165) is 26.1 Å². The zero-order chi connectivity index (χ0) is 11.0. The average Bonchev–Trinajstić information content (AvgIpc) is 2.03. The molecule has 0 aromatic heterocycles. The van der Waals surface area contributed by atoms with Crippen LogP contribution in [-0.4, -0.2) is 11.6 Å². The van der Waals surface area contributed by atoms with Crippen molar-refractivity contribution in [1.82, 2.24) is 0 Å². The molecule has 1 aromatic carbocycles. The van der Waals surface area contributed by atoms with Crippen molar-refractivity contribution in [1.29, 1.82) is 0 Å². The quantitative estimate of drug-likeness (QED) is 0.577. The Balaban J connectivity index is 0.000000241. The maximum atomic E-state index is 10.0. The van der Waals surface area contributed by atoms with Gasteiger partial charge < -0.3 is 0 Å². The molecule has 1 rings (SSSR count). The molecule has 0 saturated carbocycles. The summed E-state index contributed by atoms with van der Waals surface area (Å²) in [4.78, 5) is 20.1. The topological polar surface area (TPSA) is 34.1 Å². The number of rotatable bonds is 2. The van der Waals surface area contributed by atoms with Crippen LogP contribution in [0.1, 0.15) is 20.3 Å². The third-order valence-electron chi connectivity index (χ3n) is 1.34. The van der Waals surface area contributed by atoms with Gasteiger partial charge in [0.15, 0.2) is 0 Å². The molecule has 3 heteroatoms. The average molecular weight is 378 g/mol. The van der Waals surface area contributed by atoms with Gasteiger partial charge in [-0.2, -0.15) is 0 Å². The Labute approximate surface area is 101 Å². The molecular formula is C11H13HgO2+. The second-order valence-corrected chi connectivity index (χ2v) is 6.24. The Kier molecular flexibility index (Phi) is 7.57. The van der Waals surface area contributed by atoms with Crippen molar-refractivity contribution in [3.05, 3.63) is 30.3 Å². The zero-order valence-corrected chi connectivity index (χ0v) is 14.1. The van der Waals surface area contributed by atoms with E-state index in [1.165, 1.54) is 16.9 Å². The fourth-order valence-corrected chi connectivity index (χ4v) is 1.89. The summed E-state index contributed by atoms with van der Waals surface area (Å²) in [5, 5.41) is 0. The molecule has 0 amide bonds. The van der Waals surface area contributed by atoms with E-state index >= 15 is 0 Å². The van der Waals surface area contributed by atoms with Crippen LogP contribution >= 0.6 is 0 Å². The molecule has 0 bridgehead atoms. The van der Waals surface area contributed by atoms with Crippen molar-refractivity contribution in [3.63, 3.8) is 0 Å². The first kappa shape index (κ1) is 13.5. The van der Waals surface area contributed by atoms with Crippen molar-refractivity contribution in [2.24, 2.45) is 0 Å². The number of ketones is 2. The normalized spacial score (nSPS) is 8.57. The van der Waals surface area contributed by atoms with E-state index in [4.69, 9.17) is 0 Å². The van der Waals surface area contributed by atoms with E-state index in [2.05, 4.69) is 30.3 Å². The van der Waals surface area contributed by atoms with Gasteiger partial charge in [-0.3, -0.25) is 9.59 Å². The summed E-state index contributed by atoms with van der Waals surface area (Å²) >= 11 is 0.810. The fraction of sp³-hybridized carbons (Fsp3) is 0.273. The third-order valence-corrected chi connectivity index (χ3v) is 3.17. The second kappa shape index (κ2) is 7.86. The predicted molar refractivity (Wildman–Crippen MR) is 52.1 cm³/mol. The molecule has 0 spiro atoms. The van der Waals surface area contributed by atoms with Crippen molar-refractivity contribution < 1.29 is 35.7 Å². The van der Waals surface area contributed by atoms with E-state index in [1.807, 2.05) is 0 Å². The molecule has 0 aliphatic carbocycles. The van der Waals surface area contributed by atoms with E-state index in [9.17, 15) is 9.59 Å². The van der Waals surface area contributed by atoms with Gasteiger partial charge >= 0.3 is 59.5 Å². The first-order chi connectivity index (χ1) is 6.52. The molecule has 2 nitrogen and oxygen atoms in total. The minimum absolute atomic E-state index is 0.0625. The van der Waals surface area contributed by atoms with Crippen molar-refractivity contribution in [2.45, 2.75) is 20.3 Å². The van der Waals surface area contributed by atoms with Gasteiger partial charge in [-0.25, -0.2) is 0 Å². The van der Waals surface area contributed by atoms with Crippen LogP contribution in [0.2, 0.25) is 0 Å². The van der Waals surface area contributed by atoms with Gasteiger partial charge in [-0.05, 0) is 13.8 Å². The van der Waals surface area contributed by atoms with E-state index < -0.39 is 0 Å². The van der Waals surface area contributed by atoms with Gasteiger partial charge in [0, 0.05) is 0 Å². The molecule has 0 aliphatic heterocycles. The summed E-state index contributed by atoms with van der Waals surface area (Å²) in [6, 6.07) is 10.6. The van der Waals surface area contributed by atoms with Crippen LogP contribution in [0.25, 0.3) is 0 Å². The molecule has 1 aromatic rings. The molecule has 0 atom stereocenters. The van der Waals surface area contributed by atoms with Gasteiger partial charge in [-0.1, -0.05) is 0 Å². The standard InChI is InChI=1S/C6H5.C5H8O2.Hg/c1-2-4-6-5-3-1;1-4(6)3-5(2)7;/h1-5H;3H2,1-2H3;/q;;+1. The molecule has 0 heterocycles. The Morgan fingerprint density at radius 1 is 1.07 bits per heavy atom. The monoisotopic (exact) mass is 379 g/mol. The zero-order valence-electron chi connectivity index (χ0n) is 8.62. The molecule has 0 aliphatic rings. The minimum atomic E-state index is -0.0625. The van der Waals surface area contributed by atoms with Crippen molar-refractivity contribution in [3.8, 4) is 0 Å². The van der Waals surface area contributed by atoms with Crippen LogP contribution in [0.15, 0.2) is 30.3 Å². The summed E-state index contributed by atoms with van der Waals surface area (Å²) in [5.74, 6) is -0.125. The maximum absolute atomic E-state index is 10.0. The summed E-state index contributed by atoms with van der Waals surface area (Å²) in [6.07, 6.45) is 0.0833. The Morgan fingerprint density at radius 3 is 1.64 bits per heavy atom. The van der Waals surface area contributed by atoms with Gasteiger partial charge in [0.2, 0.25) is 0 Å². The van der Waals surface area contributed by atoms with Crippen LogP contribution < -0.4 is 3.07 Å². The number of carbonyl (C=O) groups is 2. The predicted octanol–water partition coefficient (Wildman–Crippen LogP) is 1.41. The summed E-state index contributed by atoms with van der Waals surface area (Å²) in [6.45, 7) is 2.81. The van der Waals surface area contributed by atoms with Crippen molar-refractivity contribution in [2.75, 3.05) is 0 Å². The molecule has 0 unspecified atom stereocenters. The molecule has 0 radical (unpaired) electrons. The summed E-state index contributed by atoms with van der Waals surface area (Å²) < 4.78 is 1.52. The number of hydrogen-bond acceptors (Lipinski definition) is 2. The van der Waals surface area contributed by atoms with Crippen LogP contribution in [0, 0.1) is 0 Å². The molecule has 0 saturated heterocycles. The number of carbonyl (C=O) groups excluding carboxylic acids is 2. The summed E-state index contributed by atoms with van der Waals surface area (Å²) in [7, 11) is 0. The summed E-state index contributed by atoms with van der Waals surface area (Å²) in [5.41, 5.74) is 0. The van der Waals surface area contributed by atoms with Gasteiger partial charge in [0.1, 0.15) is 11.6 Å². The van der Waals surface area contributed by atoms with Gasteiger partial charge in [0.05, 0.1) is 6.42 Å². The molecular weight excluding hydrogens is 365 g/mol. The van der Waals surface area contributed by atoms with Crippen LogP contribution in [0.3, 0.4) is 0 Å². The Bertz CT molecular complexity index is 281. The molecule has 0 fully saturated rings. The molecule has 70 valence electrons. The van der Waals surface area contributed by atoms with E-state index in [0.29, 0.717) is 0 Å². The van der Waals surface area contributed by atoms with Gasteiger partial charge in [-0.15, -0.1) is 0 Å². The van der Waals surface area contributed by atoms with E-state index in [-0.39, 0.29) is 18.0 Å². The van der Waals surface area contributed by atoms with E-state index in [1.54, 1.807) is 0 Å². The fourth-order valence-electron chi connectivity index (χ4n) is 0.829. The Hall–Kier alpha value is -0.505. The van der Waals surface area contributed by atoms with Gasteiger partial charge in [0.25, 0.3) is 0 Å². The number of benzene rings is 1. The molecule has 14 heavy (non-hydrogen) atoms. The number of hydrogen-bond donors (Lipinski definition) is 0. The number of Topliss-reactive ketones (excluding diaryl/α,β-unsaturated/α-hetero) is 2. The SMILES string of the molecule is CC(=O)CC(C)=O.[Hg+][c]1ccccc1. The molecule has 0 N–H and O–H groups in total. The first-order valence-corrected chi connectivity index (χ1v) is 7.13.